The van der Waals surface area contributed by atoms with Gasteiger partial charge < -0.3 is 52.7 Å². The fraction of sp³-hybridized carbons (Fsp3) is 0.711. The van der Waals surface area contributed by atoms with E-state index in [1.807, 2.05) is 170 Å². The van der Waals surface area contributed by atoms with E-state index in [-0.39, 0.29) is 13.1 Å². The van der Waals surface area contributed by atoms with Gasteiger partial charge in [0.05, 0.1) is 28.5 Å². The van der Waals surface area contributed by atoms with E-state index in [4.69, 9.17) is 4.52 Å². The number of nitrogens with zero attached hydrogens (tertiary/aromatic N) is 17. The molecule has 5 aliphatic heterocycles. The van der Waals surface area contributed by atoms with Gasteiger partial charge in [0.25, 0.3) is 6.10 Å². The van der Waals surface area contributed by atoms with E-state index in [2.05, 4.69) is 63.7 Å². The van der Waals surface area contributed by atoms with Crippen LogP contribution in [-0.4, -0.2) is 313 Å². The normalized spacial score (nSPS) is 16.6. The molecule has 129 heavy (non-hydrogen) atoms. The first kappa shape index (κ1) is 118. The van der Waals surface area contributed by atoms with Crippen LogP contribution in [0.1, 0.15) is 165 Å². The van der Waals surface area contributed by atoms with Crippen LogP contribution in [0.4, 0.5) is 103 Å². The Labute approximate surface area is 744 Å². The number of hydrogen-bond acceptors (Lipinski definition) is 21. The number of pyridine rings is 2. The summed E-state index contributed by atoms with van der Waals surface area (Å²) in [6.07, 6.45) is -45.4. The third-order valence-electron chi connectivity index (χ3n) is 19.5. The average Bonchev–Trinajstić information content (AvgIpc) is 1.44. The van der Waals surface area contributed by atoms with Crippen LogP contribution in [0.5, 0.6) is 0 Å². The van der Waals surface area contributed by atoms with Crippen LogP contribution >= 0.6 is 0 Å². The molecule has 0 radical (unpaired) electrons. The van der Waals surface area contributed by atoms with Crippen LogP contribution < -0.4 is 0 Å². The lowest BCUT2D eigenvalue weighted by molar-refractivity contribution is -0.308. The van der Waals surface area contributed by atoms with E-state index in [0.717, 1.165) is 101 Å². The second-order valence-electron chi connectivity index (χ2n) is 29.1. The number of carbonyl (C=O) groups excluding carboxylic acids is 5. The molecule has 0 spiro atoms. The number of rotatable bonds is 15. The Kier molecular flexibility index (Phi) is 51.0. The van der Waals surface area contributed by atoms with Gasteiger partial charge in [0.1, 0.15) is 5.76 Å². The maximum absolute atomic E-state index is 12.5. The maximum atomic E-state index is 12.5. The minimum absolute atomic E-state index is 0.0297. The van der Waals surface area contributed by atoms with Crippen LogP contribution in [0.15, 0.2) is 47.1 Å². The standard InChI is InChI=1S/2C16H22F3N3O2.C14H18F6N4O2.C14H21F3N4O2.C13H18F3N3O3.5C2H6/c1-11-4-5-14(12(2)20-11)10-21-6-8-22(9-7-21)15(23)24-13(3)16(17,18)19;1-11-4-5-14(20-12(11)2)10-21-6-8-22(9-7-21)15(23)24-13(3)16(17,18)19;1-9-7-10(22(2)21-9)8-23-3-5-24(6-4-23)12(25)26-11(13(15,16)17)14(18,19)20;1-10-12(8-19(3)18-10)9-20-4-6-21(7-5-20)13(22)23-11(2)14(15,16)17;1-9-7-11(17-22-9)8-18-3-5-19(6-4-18)12(20)21-10(2)13(14,15)16;5*1-2/h2*4-5,13H,6-10H2,1-3H3;7,11H,3-6,8H2,1-2H3;8,11H,4-7,9H2,1-3H3;7,10H,3-6,8H2,1-2H3;5*1-2H3. The Morgan fingerprint density at radius 1 is 0.349 bits per heavy atom. The predicted molar refractivity (Wildman–Crippen MR) is 446 cm³/mol. The molecule has 10 rings (SSSR count). The first-order valence-electron chi connectivity index (χ1n) is 42.7. The van der Waals surface area contributed by atoms with Crippen molar-refractivity contribution in [2.24, 2.45) is 14.1 Å². The summed E-state index contributed by atoms with van der Waals surface area (Å²) in [5, 5.41) is 12.3. The van der Waals surface area contributed by atoms with Gasteiger partial charge in [-0.05, 0) is 105 Å². The maximum Gasteiger partial charge on any atom is 0.434 e. The molecule has 740 valence electrons. The molecule has 0 bridgehead atoms. The van der Waals surface area contributed by atoms with E-state index in [1.54, 1.807) is 23.3 Å². The summed E-state index contributed by atoms with van der Waals surface area (Å²) < 4.78 is 254. The molecule has 5 amide bonds. The average molecular weight is 1890 g/mol. The highest BCUT2D eigenvalue weighted by molar-refractivity contribution is 5.70. The molecule has 0 N–H and O–H groups in total. The van der Waals surface area contributed by atoms with Crippen molar-refractivity contribution in [3.8, 4) is 0 Å². The number of alkyl halides is 18. The zero-order valence-corrected chi connectivity index (χ0v) is 78.0. The summed E-state index contributed by atoms with van der Waals surface area (Å²) in [5.74, 6) is 0.721. The quantitative estimate of drug-likeness (QED) is 0.0697. The zero-order chi connectivity index (χ0) is 99.0. The molecule has 0 aliphatic carbocycles. The van der Waals surface area contributed by atoms with Crippen LogP contribution in [0.2, 0.25) is 0 Å². The number of carbonyl (C=O) groups is 5. The van der Waals surface area contributed by atoms with E-state index >= 15 is 0 Å². The summed E-state index contributed by atoms with van der Waals surface area (Å²) in [4.78, 5) is 84.1. The lowest BCUT2D eigenvalue weighted by Gasteiger charge is -2.35. The molecule has 5 aromatic heterocycles. The largest absolute Gasteiger partial charge is 0.437 e. The molecular formula is C83H131F18N17O11. The highest BCUT2D eigenvalue weighted by Crippen LogP contribution is 2.37. The molecule has 5 fully saturated rings. The van der Waals surface area contributed by atoms with Crippen LogP contribution in [0, 0.1) is 48.5 Å². The molecule has 0 saturated carbocycles. The van der Waals surface area contributed by atoms with Gasteiger partial charge >= 0.3 is 67.5 Å². The Balaban J connectivity index is 0.000000786. The minimum atomic E-state index is -5.72. The summed E-state index contributed by atoms with van der Waals surface area (Å²) in [5.41, 5.74) is 10.7. The van der Waals surface area contributed by atoms with Gasteiger partial charge in [-0.2, -0.15) is 89.2 Å². The third-order valence-corrected chi connectivity index (χ3v) is 19.5. The monoisotopic (exact) mass is 1880 g/mol. The fourth-order valence-electron chi connectivity index (χ4n) is 12.0. The molecule has 4 atom stereocenters. The number of aryl methyl sites for hydroxylation is 9. The van der Waals surface area contributed by atoms with Crippen molar-refractivity contribution in [1.29, 1.82) is 0 Å². The SMILES string of the molecule is CC.CC.CC.CC.CC.Cc1cc(CN2CCN(C(=O)OC(C(F)(F)F)C(F)(F)F)CC2)n(C)n1.Cc1cc(CN2CCN(C(=O)OC(C)C(F)(F)F)CC2)no1.Cc1ccc(CN2CCN(C(=O)OC(C)C(F)(F)F)CC2)c(C)n1.Cc1ccc(CN2CCN(C(=O)OC(C)C(F)(F)F)CC2)nc1C.Cc1nn(C)cc1CN1CCN(C(=O)OC(C)C(F)(F)F)CC1. The number of hydrogen-bond donors (Lipinski definition) is 0. The molecule has 0 aromatic carbocycles. The summed E-state index contributed by atoms with van der Waals surface area (Å²) in [7, 11) is 3.62. The smallest absolute Gasteiger partial charge is 0.434 e. The van der Waals surface area contributed by atoms with Gasteiger partial charge in [-0.25, -0.2) is 24.0 Å². The first-order valence-corrected chi connectivity index (χ1v) is 42.7. The van der Waals surface area contributed by atoms with Crippen molar-refractivity contribution in [3.05, 3.63) is 111 Å². The Morgan fingerprint density at radius 3 is 0.946 bits per heavy atom. The van der Waals surface area contributed by atoms with Gasteiger partial charge in [-0.15, -0.1) is 0 Å². The lowest BCUT2D eigenvalue weighted by atomic mass is 10.1. The van der Waals surface area contributed by atoms with Gasteiger partial charge in [-0.3, -0.25) is 43.8 Å². The predicted octanol–water partition coefficient (Wildman–Crippen LogP) is 17.5. The molecule has 28 nitrogen and oxygen atoms in total. The van der Waals surface area contributed by atoms with Gasteiger partial charge in [0.2, 0.25) is 0 Å². The first-order chi connectivity index (χ1) is 60.1. The van der Waals surface area contributed by atoms with Crippen LogP contribution in [0.3, 0.4) is 0 Å². The van der Waals surface area contributed by atoms with E-state index in [1.165, 1.54) is 19.6 Å². The Morgan fingerprint density at radius 2 is 0.667 bits per heavy atom. The summed E-state index contributed by atoms with van der Waals surface area (Å²) in [6, 6.07) is 11.7. The van der Waals surface area contributed by atoms with Gasteiger partial charge in [0, 0.05) is 213 Å². The molecule has 5 aromatic rings. The van der Waals surface area contributed by atoms with E-state index < -0.39 is 98.0 Å². The van der Waals surface area contributed by atoms with Crippen molar-refractivity contribution >= 4 is 30.5 Å². The van der Waals surface area contributed by atoms with Crippen LogP contribution in [-0.2, 0) is 70.5 Å². The number of amides is 5. The number of ether oxygens (including phenoxy) is 5. The molecule has 5 saturated heterocycles. The number of aromatic nitrogens is 7. The van der Waals surface area contributed by atoms with Crippen molar-refractivity contribution in [1.82, 2.24) is 83.7 Å². The van der Waals surface area contributed by atoms with Crippen molar-refractivity contribution < 1.29 is 131 Å². The second-order valence-corrected chi connectivity index (χ2v) is 29.1. The molecule has 4 unspecified atom stereocenters. The van der Waals surface area contributed by atoms with Crippen molar-refractivity contribution in [2.45, 2.75) is 246 Å². The van der Waals surface area contributed by atoms with Crippen molar-refractivity contribution in [2.75, 3.05) is 131 Å². The topological polar surface area (TPSA) is 251 Å². The fourth-order valence-corrected chi connectivity index (χ4v) is 12.0. The Hall–Kier alpha value is -9.18. The molecular weight excluding hydrogens is 1750 g/mol. The van der Waals surface area contributed by atoms with Gasteiger partial charge in [-0.1, -0.05) is 86.5 Å². The lowest BCUT2D eigenvalue weighted by Crippen LogP contribution is -2.52. The number of piperazine rings is 5. The number of halogens is 18. The zero-order valence-electron chi connectivity index (χ0n) is 78.0. The van der Waals surface area contributed by atoms with Crippen LogP contribution in [0.25, 0.3) is 0 Å². The molecule has 10 heterocycles. The highest BCUT2D eigenvalue weighted by atomic mass is 19.4. The second kappa shape index (κ2) is 55.9. The van der Waals surface area contributed by atoms with Gasteiger partial charge in [0.15, 0.2) is 24.4 Å². The Bertz CT molecular complexity index is 4040. The molecule has 5 aliphatic rings. The third kappa shape index (κ3) is 42.3. The van der Waals surface area contributed by atoms with E-state index in [9.17, 15) is 103 Å². The minimum Gasteiger partial charge on any atom is -0.437 e. The summed E-state index contributed by atoms with van der Waals surface area (Å²) in [6.45, 7) is 47.7. The van der Waals surface area contributed by atoms with E-state index in [0.29, 0.717) is 151 Å². The highest BCUT2D eigenvalue weighted by Gasteiger charge is 2.60. The molecule has 46 heteroatoms. The van der Waals surface area contributed by atoms with Crippen molar-refractivity contribution in [3.63, 3.8) is 0 Å². The summed E-state index contributed by atoms with van der Waals surface area (Å²) >= 11 is 0.